The first-order valence-corrected chi connectivity index (χ1v) is 2.99. The van der Waals surface area contributed by atoms with E-state index in [2.05, 4.69) is 16.1 Å². The second kappa shape index (κ2) is 4.34. The lowest BCUT2D eigenvalue weighted by Gasteiger charge is -2.08. The lowest BCUT2D eigenvalue weighted by molar-refractivity contribution is -0.159. The second-order valence-corrected chi connectivity index (χ2v) is 1.96. The van der Waals surface area contributed by atoms with Crippen molar-refractivity contribution in [2.75, 3.05) is 0 Å². The highest BCUT2D eigenvalue weighted by atomic mass is 16.7. The Morgan fingerprint density at radius 2 is 2.27 bits per heavy atom. The van der Waals surface area contributed by atoms with Crippen molar-refractivity contribution in [1.82, 2.24) is 0 Å². The third-order valence-corrected chi connectivity index (χ3v) is 0.840. The van der Waals surface area contributed by atoms with E-state index >= 15 is 0 Å². The van der Waals surface area contributed by atoms with Crippen molar-refractivity contribution in [2.24, 2.45) is 0 Å². The predicted molar refractivity (Wildman–Crippen MR) is 37.1 cm³/mol. The standard InChI is InChI=1S/C7H9NO3/c1-5(2)7(9)11-6(3)10-4-8/h6H,1H2,2-3H3. The highest BCUT2D eigenvalue weighted by Crippen LogP contribution is 1.98. The van der Waals surface area contributed by atoms with Gasteiger partial charge < -0.3 is 9.47 Å². The van der Waals surface area contributed by atoms with Crippen LogP contribution in [0.2, 0.25) is 0 Å². The summed E-state index contributed by atoms with van der Waals surface area (Å²) in [6, 6.07) is 0. The van der Waals surface area contributed by atoms with E-state index in [0.717, 1.165) is 0 Å². The molecule has 0 heterocycles. The molecule has 0 saturated heterocycles. The molecule has 60 valence electrons. The van der Waals surface area contributed by atoms with Crippen LogP contribution in [-0.4, -0.2) is 12.3 Å². The molecule has 0 aromatic heterocycles. The average molecular weight is 155 g/mol. The third-order valence-electron chi connectivity index (χ3n) is 0.840. The summed E-state index contributed by atoms with van der Waals surface area (Å²) in [5.74, 6) is -0.562. The van der Waals surface area contributed by atoms with Crippen molar-refractivity contribution >= 4 is 5.97 Å². The number of carbonyl (C=O) groups is 1. The number of ether oxygens (including phenoxy) is 2. The Kier molecular flexibility index (Phi) is 3.75. The molecule has 0 rings (SSSR count). The Hall–Kier alpha value is -1.50. The fraction of sp³-hybridized carbons (Fsp3) is 0.429. The van der Waals surface area contributed by atoms with Gasteiger partial charge in [-0.15, -0.1) is 0 Å². The summed E-state index contributed by atoms with van der Waals surface area (Å²) in [5, 5.41) is 8.00. The molecule has 1 unspecified atom stereocenters. The summed E-state index contributed by atoms with van der Waals surface area (Å²) in [6.07, 6.45) is 0.562. The molecule has 0 bridgehead atoms. The van der Waals surface area contributed by atoms with E-state index in [1.807, 2.05) is 0 Å². The summed E-state index contributed by atoms with van der Waals surface area (Å²) in [7, 11) is 0. The van der Waals surface area contributed by atoms with Crippen LogP contribution in [0.1, 0.15) is 13.8 Å². The van der Waals surface area contributed by atoms with E-state index in [1.54, 1.807) is 0 Å². The van der Waals surface area contributed by atoms with Gasteiger partial charge in [0.1, 0.15) is 0 Å². The van der Waals surface area contributed by atoms with Crippen LogP contribution >= 0.6 is 0 Å². The van der Waals surface area contributed by atoms with Gasteiger partial charge in [0.25, 0.3) is 12.5 Å². The van der Waals surface area contributed by atoms with Crippen LogP contribution in [0.5, 0.6) is 0 Å². The van der Waals surface area contributed by atoms with Gasteiger partial charge in [0.2, 0.25) is 0 Å². The smallest absolute Gasteiger partial charge is 0.336 e. The molecule has 4 nitrogen and oxygen atoms in total. The monoisotopic (exact) mass is 155 g/mol. The molecule has 0 radical (unpaired) electrons. The summed E-state index contributed by atoms with van der Waals surface area (Å²) in [6.45, 7) is 6.32. The van der Waals surface area contributed by atoms with E-state index < -0.39 is 12.3 Å². The minimum atomic E-state index is -0.843. The van der Waals surface area contributed by atoms with Gasteiger partial charge in [-0.2, -0.15) is 5.26 Å². The topological polar surface area (TPSA) is 59.3 Å². The van der Waals surface area contributed by atoms with Crippen molar-refractivity contribution in [1.29, 1.82) is 5.26 Å². The molecule has 0 fully saturated rings. The van der Waals surface area contributed by atoms with E-state index in [0.29, 0.717) is 0 Å². The fourth-order valence-electron chi connectivity index (χ4n) is 0.350. The van der Waals surface area contributed by atoms with Gasteiger partial charge >= 0.3 is 5.97 Å². The molecule has 11 heavy (non-hydrogen) atoms. The van der Waals surface area contributed by atoms with E-state index in [9.17, 15) is 4.79 Å². The minimum absolute atomic E-state index is 0.276. The molecule has 0 spiro atoms. The van der Waals surface area contributed by atoms with Crippen molar-refractivity contribution in [3.63, 3.8) is 0 Å². The molecule has 0 aromatic carbocycles. The van der Waals surface area contributed by atoms with Crippen LogP contribution in [0.25, 0.3) is 0 Å². The van der Waals surface area contributed by atoms with Crippen molar-refractivity contribution in [2.45, 2.75) is 20.1 Å². The van der Waals surface area contributed by atoms with Crippen LogP contribution in [0.3, 0.4) is 0 Å². The number of hydrogen-bond acceptors (Lipinski definition) is 4. The second-order valence-electron chi connectivity index (χ2n) is 1.96. The van der Waals surface area contributed by atoms with Crippen molar-refractivity contribution in [3.8, 4) is 6.26 Å². The first-order chi connectivity index (χ1) is 5.07. The fourth-order valence-corrected chi connectivity index (χ4v) is 0.350. The maximum absolute atomic E-state index is 10.7. The Labute approximate surface area is 65.0 Å². The van der Waals surface area contributed by atoms with Gasteiger partial charge in [-0.3, -0.25) is 0 Å². The number of esters is 1. The summed E-state index contributed by atoms with van der Waals surface area (Å²) < 4.78 is 8.85. The highest BCUT2D eigenvalue weighted by Gasteiger charge is 2.09. The first kappa shape index (κ1) is 9.50. The lowest BCUT2D eigenvalue weighted by atomic mass is 10.4. The van der Waals surface area contributed by atoms with Crippen LogP contribution in [0.15, 0.2) is 12.2 Å². The van der Waals surface area contributed by atoms with Gasteiger partial charge in [-0.25, -0.2) is 4.79 Å². The molecular weight excluding hydrogens is 146 g/mol. The van der Waals surface area contributed by atoms with E-state index in [4.69, 9.17) is 5.26 Å². The number of nitrogens with zero attached hydrogens (tertiary/aromatic N) is 1. The predicted octanol–water partition coefficient (Wildman–Crippen LogP) is 0.949. The van der Waals surface area contributed by atoms with Crippen LogP contribution in [0.4, 0.5) is 0 Å². The average Bonchev–Trinajstić information content (AvgIpc) is 1.87. The molecule has 0 aliphatic carbocycles. The third kappa shape index (κ3) is 3.98. The number of hydrogen-bond donors (Lipinski definition) is 0. The summed E-state index contributed by atoms with van der Waals surface area (Å²) in [5.41, 5.74) is 0.276. The van der Waals surface area contributed by atoms with Gasteiger partial charge in [0, 0.05) is 12.5 Å². The van der Waals surface area contributed by atoms with Gasteiger partial charge in [-0.05, 0) is 6.92 Å². The maximum Gasteiger partial charge on any atom is 0.336 e. The largest absolute Gasteiger partial charge is 0.421 e. The molecule has 4 heteroatoms. The quantitative estimate of drug-likeness (QED) is 0.263. The number of nitriles is 1. The van der Waals surface area contributed by atoms with Gasteiger partial charge in [0.15, 0.2) is 0 Å². The van der Waals surface area contributed by atoms with Crippen LogP contribution in [-0.2, 0) is 14.3 Å². The van der Waals surface area contributed by atoms with Gasteiger partial charge in [0.05, 0.1) is 0 Å². The van der Waals surface area contributed by atoms with Crippen LogP contribution in [0, 0.1) is 11.5 Å². The molecular formula is C7H9NO3. The maximum atomic E-state index is 10.7. The Morgan fingerprint density at radius 3 is 2.64 bits per heavy atom. The molecule has 0 aliphatic heterocycles. The molecule has 0 amide bonds. The molecule has 0 N–H and O–H groups in total. The Morgan fingerprint density at radius 1 is 1.73 bits per heavy atom. The number of rotatable bonds is 3. The Bertz CT molecular complexity index is 204. The number of carbonyl (C=O) groups excluding carboxylic acids is 1. The van der Waals surface area contributed by atoms with Crippen LogP contribution < -0.4 is 0 Å². The summed E-state index contributed by atoms with van der Waals surface area (Å²) >= 11 is 0. The van der Waals surface area contributed by atoms with Crippen molar-refractivity contribution < 1.29 is 14.3 Å². The van der Waals surface area contributed by atoms with E-state index in [-0.39, 0.29) is 5.57 Å². The zero-order chi connectivity index (χ0) is 8.85. The van der Waals surface area contributed by atoms with Gasteiger partial charge in [-0.1, -0.05) is 6.58 Å². The molecule has 0 saturated carbocycles. The lowest BCUT2D eigenvalue weighted by Crippen LogP contribution is -2.16. The summed E-state index contributed by atoms with van der Waals surface area (Å²) in [4.78, 5) is 10.7. The molecule has 0 aromatic rings. The zero-order valence-electron chi connectivity index (χ0n) is 6.46. The minimum Gasteiger partial charge on any atom is -0.421 e. The first-order valence-electron chi connectivity index (χ1n) is 2.99. The van der Waals surface area contributed by atoms with E-state index in [1.165, 1.54) is 20.1 Å². The Balaban J connectivity index is 3.77. The SMILES string of the molecule is C=C(C)C(=O)OC(C)OC#N. The molecule has 0 aliphatic rings. The molecule has 1 atom stereocenters. The zero-order valence-corrected chi connectivity index (χ0v) is 6.46. The normalized spacial score (nSPS) is 11.0. The van der Waals surface area contributed by atoms with Crippen molar-refractivity contribution in [3.05, 3.63) is 12.2 Å². The highest BCUT2D eigenvalue weighted by molar-refractivity contribution is 5.86.